The van der Waals surface area contributed by atoms with Crippen LogP contribution in [0.3, 0.4) is 0 Å². The van der Waals surface area contributed by atoms with E-state index in [9.17, 15) is 4.79 Å². The zero-order chi connectivity index (χ0) is 17.8. The minimum atomic E-state index is -0.448. The second kappa shape index (κ2) is 7.63. The minimum Gasteiger partial charge on any atom is -0.493 e. The molecule has 1 amide bonds. The number of hydrogen-bond acceptors (Lipinski definition) is 5. The Labute approximate surface area is 154 Å². The van der Waals surface area contributed by atoms with Gasteiger partial charge in [-0.1, -0.05) is 23.2 Å². The van der Waals surface area contributed by atoms with Gasteiger partial charge in [-0.2, -0.15) is 5.10 Å². The van der Waals surface area contributed by atoms with Crippen LogP contribution in [-0.2, 0) is 0 Å². The van der Waals surface area contributed by atoms with Crippen molar-refractivity contribution in [1.82, 2.24) is 5.43 Å². The van der Waals surface area contributed by atoms with Gasteiger partial charge in [0.25, 0.3) is 5.91 Å². The summed E-state index contributed by atoms with van der Waals surface area (Å²) in [4.78, 5) is 12.1. The highest BCUT2D eigenvalue weighted by atomic mass is 35.5. The monoisotopic (exact) mass is 380 g/mol. The molecule has 8 heteroatoms. The van der Waals surface area contributed by atoms with Gasteiger partial charge in [-0.25, -0.2) is 5.43 Å². The van der Waals surface area contributed by atoms with Gasteiger partial charge in [-0.05, 0) is 31.2 Å². The van der Waals surface area contributed by atoms with E-state index in [0.29, 0.717) is 34.4 Å². The van der Waals surface area contributed by atoms with Crippen molar-refractivity contribution in [1.29, 1.82) is 0 Å². The molecule has 130 valence electrons. The molecule has 0 aliphatic carbocycles. The van der Waals surface area contributed by atoms with E-state index < -0.39 is 5.91 Å². The molecule has 1 N–H and O–H groups in total. The van der Waals surface area contributed by atoms with Crippen molar-refractivity contribution in [2.75, 3.05) is 13.4 Å². The summed E-state index contributed by atoms with van der Waals surface area (Å²) in [6.07, 6.45) is 1.47. The standard InChI is InChI=1S/C17H14Cl2N2O4/c1-2-23-14-7-16-15(24-9-25-16)5-10(14)8-20-21-17(22)12-4-3-11(18)6-13(12)19/h3-8H,2,9H2,1H3,(H,21,22)/b20-8+. The second-order valence-electron chi connectivity index (χ2n) is 5.00. The summed E-state index contributed by atoms with van der Waals surface area (Å²) in [6.45, 7) is 2.51. The molecule has 0 radical (unpaired) electrons. The lowest BCUT2D eigenvalue weighted by molar-refractivity contribution is 0.0955. The van der Waals surface area contributed by atoms with E-state index in [4.69, 9.17) is 37.4 Å². The van der Waals surface area contributed by atoms with Crippen molar-refractivity contribution in [2.45, 2.75) is 6.92 Å². The number of rotatable bonds is 5. The number of carbonyl (C=O) groups is 1. The molecule has 0 saturated heterocycles. The Balaban J connectivity index is 1.76. The lowest BCUT2D eigenvalue weighted by Crippen LogP contribution is -2.18. The zero-order valence-corrected chi connectivity index (χ0v) is 14.7. The molecule has 0 aromatic heterocycles. The van der Waals surface area contributed by atoms with E-state index in [0.717, 1.165) is 0 Å². The number of fused-ring (bicyclic) bond motifs is 1. The number of hydrogen-bond donors (Lipinski definition) is 1. The fourth-order valence-corrected chi connectivity index (χ4v) is 2.71. The average Bonchev–Trinajstić information content (AvgIpc) is 3.02. The fourth-order valence-electron chi connectivity index (χ4n) is 2.21. The number of hydrazone groups is 1. The van der Waals surface area contributed by atoms with Crippen LogP contribution in [0.4, 0.5) is 0 Å². The first-order valence-electron chi connectivity index (χ1n) is 7.43. The Kier molecular flexibility index (Phi) is 5.31. The summed E-state index contributed by atoms with van der Waals surface area (Å²) in [5.41, 5.74) is 3.34. The van der Waals surface area contributed by atoms with Crippen LogP contribution >= 0.6 is 23.2 Å². The van der Waals surface area contributed by atoms with Crippen molar-refractivity contribution in [3.63, 3.8) is 0 Å². The second-order valence-corrected chi connectivity index (χ2v) is 5.84. The first kappa shape index (κ1) is 17.4. The minimum absolute atomic E-state index is 0.160. The Morgan fingerprint density at radius 2 is 2.04 bits per heavy atom. The zero-order valence-electron chi connectivity index (χ0n) is 13.2. The maximum absolute atomic E-state index is 12.1. The van der Waals surface area contributed by atoms with Crippen molar-refractivity contribution >= 4 is 35.3 Å². The molecule has 2 aromatic rings. The summed E-state index contributed by atoms with van der Waals surface area (Å²) in [6, 6.07) is 8.06. The largest absolute Gasteiger partial charge is 0.493 e. The number of amides is 1. The van der Waals surface area contributed by atoms with Gasteiger partial charge in [0.15, 0.2) is 11.5 Å². The summed E-state index contributed by atoms with van der Waals surface area (Å²) < 4.78 is 16.2. The molecule has 1 heterocycles. The molecule has 3 rings (SSSR count). The molecule has 1 aliphatic rings. The van der Waals surface area contributed by atoms with E-state index in [-0.39, 0.29) is 17.4 Å². The van der Waals surface area contributed by atoms with Crippen LogP contribution in [0.25, 0.3) is 0 Å². The van der Waals surface area contributed by atoms with Gasteiger partial charge < -0.3 is 14.2 Å². The van der Waals surface area contributed by atoms with Crippen molar-refractivity contribution in [3.8, 4) is 17.2 Å². The Morgan fingerprint density at radius 1 is 1.28 bits per heavy atom. The highest BCUT2D eigenvalue weighted by Crippen LogP contribution is 2.37. The van der Waals surface area contributed by atoms with Crippen LogP contribution in [0.2, 0.25) is 10.0 Å². The fraction of sp³-hybridized carbons (Fsp3) is 0.176. The van der Waals surface area contributed by atoms with E-state index in [1.807, 2.05) is 6.92 Å². The maximum atomic E-state index is 12.1. The third-order valence-corrected chi connectivity index (χ3v) is 3.90. The molecule has 0 atom stereocenters. The maximum Gasteiger partial charge on any atom is 0.272 e. The van der Waals surface area contributed by atoms with Crippen LogP contribution in [-0.4, -0.2) is 25.5 Å². The molecule has 2 aromatic carbocycles. The summed E-state index contributed by atoms with van der Waals surface area (Å²) in [5, 5.41) is 4.66. The topological polar surface area (TPSA) is 69.2 Å². The summed E-state index contributed by atoms with van der Waals surface area (Å²) in [7, 11) is 0. The summed E-state index contributed by atoms with van der Waals surface area (Å²) >= 11 is 11.8. The van der Waals surface area contributed by atoms with Gasteiger partial charge in [-0.3, -0.25) is 4.79 Å². The Morgan fingerprint density at radius 3 is 2.76 bits per heavy atom. The van der Waals surface area contributed by atoms with Crippen molar-refractivity contribution in [3.05, 3.63) is 51.5 Å². The normalized spacial score (nSPS) is 12.4. The van der Waals surface area contributed by atoms with Crippen molar-refractivity contribution < 1.29 is 19.0 Å². The number of nitrogens with zero attached hydrogens (tertiary/aromatic N) is 1. The highest BCUT2D eigenvalue weighted by Gasteiger charge is 2.17. The lowest BCUT2D eigenvalue weighted by atomic mass is 10.2. The van der Waals surface area contributed by atoms with Gasteiger partial charge in [0, 0.05) is 16.7 Å². The van der Waals surface area contributed by atoms with Gasteiger partial charge in [0.05, 0.1) is 23.4 Å². The van der Waals surface area contributed by atoms with Crippen LogP contribution < -0.4 is 19.6 Å². The molecular formula is C17H14Cl2N2O4. The SMILES string of the molecule is CCOc1cc2c(cc1/C=N/NC(=O)c1ccc(Cl)cc1Cl)OCO2. The molecule has 0 bridgehead atoms. The number of carbonyl (C=O) groups excluding carboxylic acids is 1. The number of benzene rings is 2. The van der Waals surface area contributed by atoms with E-state index in [1.165, 1.54) is 18.3 Å². The van der Waals surface area contributed by atoms with Crippen molar-refractivity contribution in [2.24, 2.45) is 5.10 Å². The number of nitrogens with one attached hydrogen (secondary N) is 1. The third kappa shape index (κ3) is 3.97. The number of halogens is 2. The van der Waals surface area contributed by atoms with E-state index in [2.05, 4.69) is 10.5 Å². The molecule has 0 saturated carbocycles. The van der Waals surface area contributed by atoms with E-state index in [1.54, 1.807) is 18.2 Å². The van der Waals surface area contributed by atoms with Crippen LogP contribution in [0.1, 0.15) is 22.8 Å². The first-order chi connectivity index (χ1) is 12.1. The molecule has 6 nitrogen and oxygen atoms in total. The smallest absolute Gasteiger partial charge is 0.272 e. The van der Waals surface area contributed by atoms with Crippen LogP contribution in [0.5, 0.6) is 17.2 Å². The lowest BCUT2D eigenvalue weighted by Gasteiger charge is -2.08. The first-order valence-corrected chi connectivity index (χ1v) is 8.19. The molecule has 0 spiro atoms. The molecule has 0 fully saturated rings. The van der Waals surface area contributed by atoms with Gasteiger partial charge >= 0.3 is 0 Å². The van der Waals surface area contributed by atoms with Crippen LogP contribution in [0.15, 0.2) is 35.4 Å². The molecule has 0 unspecified atom stereocenters. The van der Waals surface area contributed by atoms with Gasteiger partial charge in [-0.15, -0.1) is 0 Å². The average molecular weight is 381 g/mol. The predicted molar refractivity (Wildman–Crippen MR) is 95.3 cm³/mol. The van der Waals surface area contributed by atoms with E-state index >= 15 is 0 Å². The molecule has 1 aliphatic heterocycles. The summed E-state index contributed by atoms with van der Waals surface area (Å²) in [5.74, 6) is 1.33. The molecular weight excluding hydrogens is 367 g/mol. The Hall–Kier alpha value is -2.44. The predicted octanol–water partition coefficient (Wildman–Crippen LogP) is 3.88. The Bertz CT molecular complexity index is 840. The van der Waals surface area contributed by atoms with Gasteiger partial charge in [0.1, 0.15) is 5.75 Å². The number of ether oxygens (including phenoxy) is 3. The third-order valence-electron chi connectivity index (χ3n) is 3.35. The van der Waals surface area contributed by atoms with Gasteiger partial charge in [0.2, 0.25) is 6.79 Å². The quantitative estimate of drug-likeness (QED) is 0.630. The highest BCUT2D eigenvalue weighted by molar-refractivity contribution is 6.36. The van der Waals surface area contributed by atoms with Crippen LogP contribution in [0, 0.1) is 0 Å². The molecule has 25 heavy (non-hydrogen) atoms.